The van der Waals surface area contributed by atoms with E-state index in [1.807, 2.05) is 24.3 Å². The molecule has 0 unspecified atom stereocenters. The summed E-state index contributed by atoms with van der Waals surface area (Å²) < 4.78 is 12.9. The Hall–Kier alpha value is -3.28. The van der Waals surface area contributed by atoms with Crippen molar-refractivity contribution in [3.63, 3.8) is 0 Å². The van der Waals surface area contributed by atoms with E-state index in [2.05, 4.69) is 57.8 Å². The van der Waals surface area contributed by atoms with Gasteiger partial charge in [0.15, 0.2) is 0 Å². The summed E-state index contributed by atoms with van der Waals surface area (Å²) in [7, 11) is 1.25. The summed E-state index contributed by atoms with van der Waals surface area (Å²) in [4.78, 5) is 51.1. The van der Waals surface area contributed by atoms with E-state index >= 15 is 0 Å². The zero-order valence-electron chi connectivity index (χ0n) is 19.1. The maximum atomic E-state index is 13.3. The minimum Gasteiger partial charge on any atom is -0.487 e. The number of hydrogen-bond donors (Lipinski definition) is 1. The van der Waals surface area contributed by atoms with Crippen molar-refractivity contribution in [2.75, 3.05) is 12.0 Å². The van der Waals surface area contributed by atoms with E-state index in [-0.39, 0.29) is 23.4 Å². The predicted molar refractivity (Wildman–Crippen MR) is 147 cm³/mol. The lowest BCUT2D eigenvalue weighted by Crippen LogP contribution is -2.54. The van der Waals surface area contributed by atoms with Gasteiger partial charge < -0.3 is 9.47 Å². The zero-order chi connectivity index (χ0) is 26.7. The van der Waals surface area contributed by atoms with Crippen molar-refractivity contribution >= 4 is 83.4 Å². The number of rotatable bonds is 6. The van der Waals surface area contributed by atoms with Crippen LogP contribution in [-0.4, -0.2) is 30.9 Å². The molecule has 0 radical (unpaired) electrons. The summed E-state index contributed by atoms with van der Waals surface area (Å²) in [6.45, 7) is 0.237. The van der Waals surface area contributed by atoms with Gasteiger partial charge in [0.2, 0.25) is 0 Å². The Labute approximate surface area is 237 Å². The molecule has 37 heavy (non-hydrogen) atoms. The topological polar surface area (TPSA) is 102 Å². The summed E-state index contributed by atoms with van der Waals surface area (Å²) in [5.41, 5.74) is 1.50. The highest BCUT2D eigenvalue weighted by Crippen LogP contribution is 2.36. The van der Waals surface area contributed by atoms with Crippen LogP contribution in [0.2, 0.25) is 0 Å². The first-order chi connectivity index (χ1) is 17.7. The molecule has 11 heteroatoms. The van der Waals surface area contributed by atoms with Crippen LogP contribution in [0.3, 0.4) is 0 Å². The molecule has 0 aliphatic carbocycles. The van der Waals surface area contributed by atoms with E-state index in [4.69, 9.17) is 4.74 Å². The Morgan fingerprint density at radius 3 is 2.27 bits per heavy atom. The molecular weight excluding hydrogens is 676 g/mol. The van der Waals surface area contributed by atoms with Gasteiger partial charge in [0.25, 0.3) is 11.8 Å². The molecular formula is C26H17Br3N2O6. The summed E-state index contributed by atoms with van der Waals surface area (Å²) in [5.74, 6) is -1.82. The average Bonchev–Trinajstić information content (AvgIpc) is 2.86. The molecule has 188 valence electrons. The minimum atomic E-state index is -0.903. The van der Waals surface area contributed by atoms with E-state index < -0.39 is 23.8 Å². The van der Waals surface area contributed by atoms with Gasteiger partial charge >= 0.3 is 12.0 Å². The van der Waals surface area contributed by atoms with Crippen molar-refractivity contribution in [3.8, 4) is 5.75 Å². The fourth-order valence-corrected chi connectivity index (χ4v) is 5.12. The van der Waals surface area contributed by atoms with Crippen LogP contribution < -0.4 is 15.0 Å². The van der Waals surface area contributed by atoms with Crippen molar-refractivity contribution in [2.45, 2.75) is 6.61 Å². The number of methoxy groups -OCH3 is 1. The molecule has 4 rings (SSSR count). The number of nitrogens with zero attached hydrogens (tertiary/aromatic N) is 1. The van der Waals surface area contributed by atoms with Crippen LogP contribution in [0, 0.1) is 0 Å². The second kappa shape index (κ2) is 11.4. The molecule has 3 aromatic carbocycles. The summed E-state index contributed by atoms with van der Waals surface area (Å²) >= 11 is 10.3. The predicted octanol–water partition coefficient (Wildman–Crippen LogP) is 6.01. The van der Waals surface area contributed by atoms with Gasteiger partial charge in [-0.25, -0.2) is 14.5 Å². The van der Waals surface area contributed by atoms with Crippen LogP contribution in [0.25, 0.3) is 6.08 Å². The molecule has 0 bridgehead atoms. The lowest BCUT2D eigenvalue weighted by Gasteiger charge is -2.26. The van der Waals surface area contributed by atoms with Crippen LogP contribution in [0.15, 0.2) is 79.7 Å². The second-order valence-electron chi connectivity index (χ2n) is 7.72. The number of nitrogens with one attached hydrogen (secondary N) is 1. The molecule has 8 nitrogen and oxygen atoms in total. The first-order valence-corrected chi connectivity index (χ1v) is 13.0. The second-order valence-corrected chi connectivity index (χ2v) is 10.4. The third-order valence-electron chi connectivity index (χ3n) is 5.28. The zero-order valence-corrected chi connectivity index (χ0v) is 23.8. The van der Waals surface area contributed by atoms with Crippen LogP contribution in [-0.2, 0) is 20.9 Å². The van der Waals surface area contributed by atoms with E-state index in [1.54, 1.807) is 12.1 Å². The van der Waals surface area contributed by atoms with Gasteiger partial charge in [-0.05, 0) is 76.1 Å². The van der Waals surface area contributed by atoms with Crippen molar-refractivity contribution in [2.24, 2.45) is 0 Å². The van der Waals surface area contributed by atoms with E-state index in [1.165, 1.54) is 37.5 Å². The fourth-order valence-electron chi connectivity index (χ4n) is 3.49. The van der Waals surface area contributed by atoms with Crippen LogP contribution in [0.5, 0.6) is 5.75 Å². The fraction of sp³-hybridized carbons (Fsp3) is 0.0769. The van der Waals surface area contributed by atoms with Gasteiger partial charge in [-0.15, -0.1) is 0 Å². The Bertz CT molecular complexity index is 1440. The molecule has 1 N–H and O–H groups in total. The maximum Gasteiger partial charge on any atom is 0.337 e. The van der Waals surface area contributed by atoms with E-state index in [0.717, 1.165) is 14.9 Å². The van der Waals surface area contributed by atoms with Crippen molar-refractivity contribution in [1.29, 1.82) is 0 Å². The number of hydrogen-bond acceptors (Lipinski definition) is 6. The highest BCUT2D eigenvalue weighted by molar-refractivity contribution is 9.11. The van der Waals surface area contributed by atoms with E-state index in [9.17, 15) is 19.2 Å². The molecule has 1 saturated heterocycles. The van der Waals surface area contributed by atoms with Gasteiger partial charge in [0.1, 0.15) is 17.9 Å². The number of carbonyl (C=O) groups excluding carboxylic acids is 4. The monoisotopic (exact) mass is 690 g/mol. The third-order valence-corrected chi connectivity index (χ3v) is 6.86. The molecule has 0 saturated carbocycles. The van der Waals surface area contributed by atoms with Gasteiger partial charge in [-0.3, -0.25) is 14.9 Å². The quantitative estimate of drug-likeness (QED) is 0.193. The number of benzene rings is 3. The molecule has 0 aromatic heterocycles. The van der Waals surface area contributed by atoms with Crippen LogP contribution in [0.4, 0.5) is 10.5 Å². The SMILES string of the molecule is COC(=O)c1ccc(N2C(=O)NC(=O)/C(=C\c3cc(Br)cc(Br)c3OCc3ccc(Br)cc3)C2=O)cc1. The van der Waals surface area contributed by atoms with Gasteiger partial charge in [-0.2, -0.15) is 0 Å². The molecule has 0 spiro atoms. The lowest BCUT2D eigenvalue weighted by atomic mass is 10.1. The van der Waals surface area contributed by atoms with Gasteiger partial charge in [0, 0.05) is 14.5 Å². The first-order valence-electron chi connectivity index (χ1n) is 10.6. The van der Waals surface area contributed by atoms with Crippen molar-refractivity contribution in [3.05, 3.63) is 96.3 Å². The molecule has 1 fully saturated rings. The van der Waals surface area contributed by atoms with Gasteiger partial charge in [0.05, 0.1) is 22.8 Å². The highest BCUT2D eigenvalue weighted by atomic mass is 79.9. The molecule has 0 atom stereocenters. The Morgan fingerprint density at radius 1 is 0.946 bits per heavy atom. The maximum absolute atomic E-state index is 13.3. The molecule has 1 heterocycles. The Kier molecular flexibility index (Phi) is 8.25. The van der Waals surface area contributed by atoms with Crippen LogP contribution in [0.1, 0.15) is 21.5 Å². The molecule has 1 aliphatic rings. The number of halogens is 3. The summed E-state index contributed by atoms with van der Waals surface area (Å²) in [6, 6.07) is 15.8. The lowest BCUT2D eigenvalue weighted by molar-refractivity contribution is -0.122. The largest absolute Gasteiger partial charge is 0.487 e. The standard InChI is InChI=1S/C26H17Br3N2O6/c1-36-25(34)15-4-8-19(9-5-15)31-24(33)20(23(32)30-26(31)35)11-16-10-18(28)12-21(29)22(16)37-13-14-2-6-17(27)7-3-14/h2-12H,13H2,1H3,(H,30,32,35)/b20-11+. The normalized spacial score (nSPS) is 14.5. The number of carbonyl (C=O) groups is 4. The molecule has 3 aromatic rings. The number of esters is 1. The number of imide groups is 2. The summed E-state index contributed by atoms with van der Waals surface area (Å²) in [5, 5.41) is 2.19. The average molecular weight is 693 g/mol. The summed E-state index contributed by atoms with van der Waals surface area (Å²) in [6.07, 6.45) is 1.37. The Balaban J connectivity index is 1.68. The highest BCUT2D eigenvalue weighted by Gasteiger charge is 2.37. The molecule has 1 aliphatic heterocycles. The first kappa shape index (κ1) is 26.8. The third kappa shape index (κ3) is 6.00. The smallest absolute Gasteiger partial charge is 0.337 e. The number of ether oxygens (including phenoxy) is 2. The van der Waals surface area contributed by atoms with Crippen molar-refractivity contribution < 1.29 is 28.7 Å². The Morgan fingerprint density at radius 2 is 1.62 bits per heavy atom. The van der Waals surface area contributed by atoms with Crippen molar-refractivity contribution in [1.82, 2.24) is 5.32 Å². The van der Waals surface area contributed by atoms with E-state index in [0.29, 0.717) is 20.3 Å². The number of urea groups is 1. The molecule has 4 amide bonds. The minimum absolute atomic E-state index is 0.177. The number of amides is 4. The van der Waals surface area contributed by atoms with Crippen LogP contribution >= 0.6 is 47.8 Å². The number of barbiturate groups is 1. The number of anilines is 1. The van der Waals surface area contributed by atoms with Gasteiger partial charge in [-0.1, -0.05) is 44.0 Å².